The first-order valence-electron chi connectivity index (χ1n) is 7.03. The van der Waals surface area contributed by atoms with Gasteiger partial charge < -0.3 is 15.8 Å². The summed E-state index contributed by atoms with van der Waals surface area (Å²) in [5.74, 6) is 0.556. The van der Waals surface area contributed by atoms with Crippen molar-refractivity contribution in [1.82, 2.24) is 0 Å². The third kappa shape index (κ3) is 3.87. The highest BCUT2D eigenvalue weighted by Gasteiger charge is 2.34. The van der Waals surface area contributed by atoms with Crippen LogP contribution in [0.4, 0.5) is 5.69 Å². The number of nitrogens with one attached hydrogen (secondary N) is 1. The number of rotatable bonds is 6. The van der Waals surface area contributed by atoms with Gasteiger partial charge in [0.2, 0.25) is 5.91 Å². The monoisotopic (exact) mass is 296 g/mol. The third-order valence-corrected chi connectivity index (χ3v) is 3.77. The number of carbonyl (C=O) groups excluding carboxylic acids is 1. The predicted molar refractivity (Wildman–Crippen MR) is 81.3 cm³/mol. The SMILES string of the molecule is CCCOc1ccc(Cl)cc1NC(=O)CC1(N)CCC1. The average molecular weight is 297 g/mol. The van der Waals surface area contributed by atoms with Crippen molar-refractivity contribution < 1.29 is 9.53 Å². The summed E-state index contributed by atoms with van der Waals surface area (Å²) < 4.78 is 5.61. The predicted octanol–water partition coefficient (Wildman–Crippen LogP) is 3.34. The molecule has 0 atom stereocenters. The van der Waals surface area contributed by atoms with Crippen molar-refractivity contribution in [1.29, 1.82) is 0 Å². The van der Waals surface area contributed by atoms with E-state index in [1.165, 1.54) is 0 Å². The van der Waals surface area contributed by atoms with E-state index < -0.39 is 0 Å². The van der Waals surface area contributed by atoms with Gasteiger partial charge in [-0.05, 0) is 43.9 Å². The summed E-state index contributed by atoms with van der Waals surface area (Å²) in [5.41, 5.74) is 6.37. The molecule has 0 spiro atoms. The zero-order chi connectivity index (χ0) is 14.6. The normalized spacial score (nSPS) is 16.4. The van der Waals surface area contributed by atoms with E-state index in [2.05, 4.69) is 5.32 Å². The molecule has 20 heavy (non-hydrogen) atoms. The number of carbonyl (C=O) groups is 1. The van der Waals surface area contributed by atoms with E-state index >= 15 is 0 Å². The second kappa shape index (κ2) is 6.46. The van der Waals surface area contributed by atoms with Crippen LogP contribution in [0.2, 0.25) is 5.02 Å². The van der Waals surface area contributed by atoms with Crippen molar-refractivity contribution in [3.8, 4) is 5.75 Å². The molecule has 5 heteroatoms. The summed E-state index contributed by atoms with van der Waals surface area (Å²) in [6.45, 7) is 2.63. The number of ether oxygens (including phenoxy) is 1. The molecule has 1 fully saturated rings. The molecule has 1 aliphatic carbocycles. The Bertz CT molecular complexity index is 487. The van der Waals surface area contributed by atoms with Gasteiger partial charge in [-0.1, -0.05) is 18.5 Å². The molecule has 0 aromatic heterocycles. The van der Waals surface area contributed by atoms with Crippen LogP contribution in [0, 0.1) is 0 Å². The molecule has 1 aliphatic rings. The summed E-state index contributed by atoms with van der Waals surface area (Å²) in [5, 5.41) is 3.42. The minimum Gasteiger partial charge on any atom is -0.491 e. The number of hydrogen-bond acceptors (Lipinski definition) is 3. The Morgan fingerprint density at radius 3 is 2.85 bits per heavy atom. The van der Waals surface area contributed by atoms with Crippen LogP contribution < -0.4 is 15.8 Å². The minimum absolute atomic E-state index is 0.0872. The summed E-state index contributed by atoms with van der Waals surface area (Å²) in [6.07, 6.45) is 4.17. The average Bonchev–Trinajstić information content (AvgIpc) is 2.36. The van der Waals surface area contributed by atoms with Crippen LogP contribution in [-0.4, -0.2) is 18.1 Å². The van der Waals surface area contributed by atoms with E-state index in [0.29, 0.717) is 29.5 Å². The van der Waals surface area contributed by atoms with E-state index in [1.807, 2.05) is 6.92 Å². The maximum absolute atomic E-state index is 12.1. The fraction of sp³-hybridized carbons (Fsp3) is 0.533. The van der Waals surface area contributed by atoms with Gasteiger partial charge in [0.1, 0.15) is 5.75 Å². The second-order valence-corrected chi connectivity index (χ2v) is 5.87. The van der Waals surface area contributed by atoms with Crippen molar-refractivity contribution >= 4 is 23.2 Å². The fourth-order valence-electron chi connectivity index (χ4n) is 2.26. The second-order valence-electron chi connectivity index (χ2n) is 5.43. The Morgan fingerprint density at radius 2 is 2.25 bits per heavy atom. The molecule has 0 aliphatic heterocycles. The Labute approximate surface area is 124 Å². The molecule has 0 radical (unpaired) electrons. The highest BCUT2D eigenvalue weighted by atomic mass is 35.5. The number of nitrogens with two attached hydrogens (primary N) is 1. The van der Waals surface area contributed by atoms with E-state index in [4.69, 9.17) is 22.1 Å². The maximum atomic E-state index is 12.1. The smallest absolute Gasteiger partial charge is 0.226 e. The molecule has 1 aromatic rings. The quantitative estimate of drug-likeness (QED) is 0.846. The molecular weight excluding hydrogens is 276 g/mol. The molecule has 4 nitrogen and oxygen atoms in total. The van der Waals surface area contributed by atoms with Gasteiger partial charge in [0, 0.05) is 17.0 Å². The van der Waals surface area contributed by atoms with Crippen LogP contribution in [0.25, 0.3) is 0 Å². The first kappa shape index (κ1) is 15.1. The molecule has 1 saturated carbocycles. The lowest BCUT2D eigenvalue weighted by Crippen LogP contribution is -2.48. The van der Waals surface area contributed by atoms with Gasteiger partial charge >= 0.3 is 0 Å². The molecule has 0 heterocycles. The third-order valence-electron chi connectivity index (χ3n) is 3.54. The van der Waals surface area contributed by atoms with Crippen molar-refractivity contribution in [2.75, 3.05) is 11.9 Å². The van der Waals surface area contributed by atoms with Crippen molar-refractivity contribution in [3.63, 3.8) is 0 Å². The highest BCUT2D eigenvalue weighted by Crippen LogP contribution is 2.33. The molecule has 110 valence electrons. The maximum Gasteiger partial charge on any atom is 0.226 e. The van der Waals surface area contributed by atoms with Crippen LogP contribution in [0.1, 0.15) is 39.0 Å². The first-order valence-corrected chi connectivity index (χ1v) is 7.41. The molecular formula is C15H21ClN2O2. The van der Waals surface area contributed by atoms with Crippen molar-refractivity contribution in [2.45, 2.75) is 44.6 Å². The van der Waals surface area contributed by atoms with Crippen LogP contribution in [0.3, 0.4) is 0 Å². The van der Waals surface area contributed by atoms with E-state index in [9.17, 15) is 4.79 Å². The van der Waals surface area contributed by atoms with E-state index in [0.717, 1.165) is 25.7 Å². The molecule has 0 saturated heterocycles. The Kier molecular flexibility index (Phi) is 4.89. The summed E-state index contributed by atoms with van der Waals surface area (Å²) in [7, 11) is 0. The first-order chi connectivity index (χ1) is 9.52. The van der Waals surface area contributed by atoms with Gasteiger partial charge in [-0.3, -0.25) is 4.79 Å². The minimum atomic E-state index is -0.326. The van der Waals surface area contributed by atoms with Gasteiger partial charge in [0.15, 0.2) is 0 Å². The Hall–Kier alpha value is -1.26. The van der Waals surface area contributed by atoms with Gasteiger partial charge in [0.25, 0.3) is 0 Å². The number of anilines is 1. The van der Waals surface area contributed by atoms with Crippen LogP contribution >= 0.6 is 11.6 Å². The number of halogens is 1. The van der Waals surface area contributed by atoms with Gasteiger partial charge in [-0.2, -0.15) is 0 Å². The standard InChI is InChI=1S/C15H21ClN2O2/c1-2-8-20-13-5-4-11(16)9-12(13)18-14(19)10-15(17)6-3-7-15/h4-5,9H,2-3,6-8,10,17H2,1H3,(H,18,19). The highest BCUT2D eigenvalue weighted by molar-refractivity contribution is 6.31. The zero-order valence-electron chi connectivity index (χ0n) is 11.7. The molecule has 3 N–H and O–H groups in total. The van der Waals surface area contributed by atoms with Gasteiger partial charge in [0.05, 0.1) is 12.3 Å². The van der Waals surface area contributed by atoms with Crippen LogP contribution in [-0.2, 0) is 4.79 Å². The number of hydrogen-bond donors (Lipinski definition) is 2. The van der Waals surface area contributed by atoms with E-state index in [1.54, 1.807) is 18.2 Å². The van der Waals surface area contributed by atoms with E-state index in [-0.39, 0.29) is 11.4 Å². The van der Waals surface area contributed by atoms with Crippen LogP contribution in [0.5, 0.6) is 5.75 Å². The Balaban J connectivity index is 2.02. The van der Waals surface area contributed by atoms with Gasteiger partial charge in [-0.15, -0.1) is 0 Å². The van der Waals surface area contributed by atoms with Crippen LogP contribution in [0.15, 0.2) is 18.2 Å². The molecule has 1 aromatic carbocycles. The lowest BCUT2D eigenvalue weighted by atomic mass is 9.75. The molecule has 1 amide bonds. The number of amides is 1. The lowest BCUT2D eigenvalue weighted by molar-refractivity contribution is -0.118. The topological polar surface area (TPSA) is 64.3 Å². The van der Waals surface area contributed by atoms with Crippen molar-refractivity contribution in [2.24, 2.45) is 5.73 Å². The summed E-state index contributed by atoms with van der Waals surface area (Å²) >= 11 is 5.97. The van der Waals surface area contributed by atoms with Crippen molar-refractivity contribution in [3.05, 3.63) is 23.2 Å². The summed E-state index contributed by atoms with van der Waals surface area (Å²) in [4.78, 5) is 12.1. The number of benzene rings is 1. The van der Waals surface area contributed by atoms with Gasteiger partial charge in [-0.25, -0.2) is 0 Å². The summed E-state index contributed by atoms with van der Waals surface area (Å²) in [6, 6.07) is 5.22. The largest absolute Gasteiger partial charge is 0.491 e. The Morgan fingerprint density at radius 1 is 1.50 bits per heavy atom. The molecule has 0 bridgehead atoms. The zero-order valence-corrected chi connectivity index (χ0v) is 12.5. The molecule has 0 unspecified atom stereocenters. The fourth-order valence-corrected chi connectivity index (χ4v) is 2.43. The molecule has 2 rings (SSSR count). The lowest BCUT2D eigenvalue weighted by Gasteiger charge is -2.37.